The zero-order valence-corrected chi connectivity index (χ0v) is 19.4. The summed E-state index contributed by atoms with van der Waals surface area (Å²) >= 11 is 1.31. The number of aryl methyl sites for hydroxylation is 1. The van der Waals surface area contributed by atoms with Crippen LogP contribution in [-0.2, 0) is 9.59 Å². The van der Waals surface area contributed by atoms with Gasteiger partial charge in [-0.05, 0) is 61.4 Å². The maximum atomic E-state index is 12.4. The van der Waals surface area contributed by atoms with Gasteiger partial charge in [-0.2, -0.15) is 0 Å². The summed E-state index contributed by atoms with van der Waals surface area (Å²) in [5.41, 5.74) is 2.25. The van der Waals surface area contributed by atoms with Gasteiger partial charge in [-0.1, -0.05) is 25.6 Å². The normalized spacial score (nSPS) is 10.8. The van der Waals surface area contributed by atoms with Crippen molar-refractivity contribution in [1.82, 2.24) is 14.8 Å². The van der Waals surface area contributed by atoms with E-state index >= 15 is 0 Å². The van der Waals surface area contributed by atoms with Crippen LogP contribution in [0.1, 0.15) is 26.1 Å². The quantitative estimate of drug-likeness (QED) is 0.469. The number of anilines is 2. The first-order valence-corrected chi connectivity index (χ1v) is 11.2. The van der Waals surface area contributed by atoms with Crippen molar-refractivity contribution in [3.63, 3.8) is 0 Å². The minimum absolute atomic E-state index is 0.0237. The molecule has 0 aliphatic carbocycles. The molecule has 3 aromatic rings. The smallest absolute Gasteiger partial charge is 0.234 e. The predicted molar refractivity (Wildman–Crippen MR) is 127 cm³/mol. The molecule has 0 aliphatic rings. The maximum absolute atomic E-state index is 12.4. The fourth-order valence-corrected chi connectivity index (χ4v) is 3.81. The first-order valence-electron chi connectivity index (χ1n) is 10.2. The molecule has 0 saturated carbocycles. The third kappa shape index (κ3) is 6.34. The maximum Gasteiger partial charge on any atom is 0.234 e. The molecule has 0 atom stereocenters. The molecule has 3 rings (SSSR count). The largest absolute Gasteiger partial charge is 0.497 e. The number of methoxy groups -OCH3 is 1. The number of carbonyl (C=O) groups is 2. The Morgan fingerprint density at radius 2 is 1.56 bits per heavy atom. The summed E-state index contributed by atoms with van der Waals surface area (Å²) < 4.78 is 7.10. The van der Waals surface area contributed by atoms with Crippen molar-refractivity contribution in [1.29, 1.82) is 0 Å². The van der Waals surface area contributed by atoms with Crippen LogP contribution >= 0.6 is 11.8 Å². The van der Waals surface area contributed by atoms with Crippen LogP contribution in [0.15, 0.2) is 53.7 Å². The van der Waals surface area contributed by atoms with Crippen LogP contribution in [-0.4, -0.2) is 39.4 Å². The van der Waals surface area contributed by atoms with Crippen LogP contribution < -0.4 is 15.4 Å². The minimum Gasteiger partial charge on any atom is -0.497 e. The molecule has 32 heavy (non-hydrogen) atoms. The van der Waals surface area contributed by atoms with Crippen molar-refractivity contribution in [3.05, 3.63) is 54.4 Å². The molecule has 0 fully saturated rings. The van der Waals surface area contributed by atoms with Crippen LogP contribution in [0.2, 0.25) is 0 Å². The number of thioether (sulfide) groups is 1. The third-order valence-electron chi connectivity index (χ3n) is 4.50. The zero-order chi connectivity index (χ0) is 23.1. The van der Waals surface area contributed by atoms with E-state index in [1.807, 2.05) is 49.6 Å². The summed E-state index contributed by atoms with van der Waals surface area (Å²) in [6.07, 6.45) is 0.469. The van der Waals surface area contributed by atoms with Crippen LogP contribution in [0.5, 0.6) is 5.75 Å². The van der Waals surface area contributed by atoms with Crippen molar-refractivity contribution >= 4 is 35.0 Å². The molecule has 168 valence electrons. The van der Waals surface area contributed by atoms with Crippen molar-refractivity contribution in [2.45, 2.75) is 32.3 Å². The topological polar surface area (TPSA) is 98.1 Å². The molecular weight excluding hydrogens is 426 g/mol. The van der Waals surface area contributed by atoms with Gasteiger partial charge in [-0.15, -0.1) is 10.2 Å². The molecule has 0 radical (unpaired) electrons. The molecule has 9 heteroatoms. The van der Waals surface area contributed by atoms with E-state index in [1.54, 1.807) is 31.4 Å². The van der Waals surface area contributed by atoms with Crippen LogP contribution in [0, 0.1) is 12.8 Å². The van der Waals surface area contributed by atoms with E-state index in [4.69, 9.17) is 4.74 Å². The highest BCUT2D eigenvalue weighted by Gasteiger charge is 2.14. The first kappa shape index (κ1) is 23.3. The summed E-state index contributed by atoms with van der Waals surface area (Å²) in [4.78, 5) is 24.3. The Hall–Kier alpha value is -3.33. The van der Waals surface area contributed by atoms with Gasteiger partial charge >= 0.3 is 0 Å². The van der Waals surface area contributed by atoms with Crippen LogP contribution in [0.4, 0.5) is 11.4 Å². The van der Waals surface area contributed by atoms with Gasteiger partial charge in [0.15, 0.2) is 5.16 Å². The van der Waals surface area contributed by atoms with Gasteiger partial charge in [0.25, 0.3) is 0 Å². The Labute approximate surface area is 191 Å². The number of nitrogens with zero attached hydrogens (tertiary/aromatic N) is 3. The van der Waals surface area contributed by atoms with Crippen LogP contribution in [0.3, 0.4) is 0 Å². The Balaban J connectivity index is 1.57. The Bertz CT molecular complexity index is 1060. The Morgan fingerprint density at radius 1 is 0.969 bits per heavy atom. The zero-order valence-electron chi connectivity index (χ0n) is 18.6. The lowest BCUT2D eigenvalue weighted by Gasteiger charge is -2.10. The molecule has 0 spiro atoms. The highest BCUT2D eigenvalue weighted by molar-refractivity contribution is 7.99. The number of hydrogen-bond donors (Lipinski definition) is 2. The van der Waals surface area contributed by atoms with E-state index in [1.165, 1.54) is 11.8 Å². The SMILES string of the molecule is COc1ccc(-n2c(C)nnc2SCC(=O)Nc2ccc(NC(=O)CC(C)C)cc2)cc1. The molecule has 0 saturated heterocycles. The molecule has 0 bridgehead atoms. The molecule has 8 nitrogen and oxygen atoms in total. The monoisotopic (exact) mass is 453 g/mol. The van der Waals surface area contributed by atoms with Gasteiger partial charge in [0, 0.05) is 23.5 Å². The summed E-state index contributed by atoms with van der Waals surface area (Å²) in [5, 5.41) is 14.7. The molecular formula is C23H27N5O3S. The van der Waals surface area contributed by atoms with E-state index in [-0.39, 0.29) is 17.6 Å². The fourth-order valence-electron chi connectivity index (χ4n) is 3.01. The minimum atomic E-state index is -0.159. The van der Waals surface area contributed by atoms with E-state index in [9.17, 15) is 9.59 Å². The fraction of sp³-hybridized carbons (Fsp3) is 0.304. The molecule has 0 aliphatic heterocycles. The Kier molecular flexibility index (Phi) is 7.88. The lowest BCUT2D eigenvalue weighted by molar-refractivity contribution is -0.117. The molecule has 1 heterocycles. The highest BCUT2D eigenvalue weighted by atomic mass is 32.2. The van der Waals surface area contributed by atoms with Crippen LogP contribution in [0.25, 0.3) is 5.69 Å². The predicted octanol–water partition coefficient (Wildman–Crippen LogP) is 4.30. The first-order chi connectivity index (χ1) is 15.4. The average molecular weight is 454 g/mol. The lowest BCUT2D eigenvalue weighted by Crippen LogP contribution is -2.15. The second-order valence-corrected chi connectivity index (χ2v) is 8.57. The van der Waals surface area contributed by atoms with E-state index in [2.05, 4.69) is 20.8 Å². The number of aromatic nitrogens is 3. The van der Waals surface area contributed by atoms with Gasteiger partial charge in [-0.3, -0.25) is 14.2 Å². The van der Waals surface area contributed by atoms with Crippen molar-refractivity contribution in [3.8, 4) is 11.4 Å². The lowest BCUT2D eigenvalue weighted by atomic mass is 10.1. The summed E-state index contributed by atoms with van der Waals surface area (Å²) in [6, 6.07) is 14.6. The molecule has 2 N–H and O–H groups in total. The molecule has 0 unspecified atom stereocenters. The third-order valence-corrected chi connectivity index (χ3v) is 5.43. The molecule has 1 aromatic heterocycles. The van der Waals surface area contributed by atoms with Gasteiger partial charge < -0.3 is 15.4 Å². The van der Waals surface area contributed by atoms with Crippen molar-refractivity contribution in [2.75, 3.05) is 23.5 Å². The average Bonchev–Trinajstić information content (AvgIpc) is 3.13. The van der Waals surface area contributed by atoms with Gasteiger partial charge in [-0.25, -0.2) is 0 Å². The standard InChI is InChI=1S/C23H27N5O3S/c1-15(2)13-21(29)24-17-5-7-18(8-6-17)25-22(30)14-32-23-27-26-16(3)28(23)19-9-11-20(31-4)12-10-19/h5-12,15H,13-14H2,1-4H3,(H,24,29)(H,25,30). The van der Waals surface area contributed by atoms with E-state index in [0.717, 1.165) is 17.3 Å². The second-order valence-electron chi connectivity index (χ2n) is 7.62. The number of amides is 2. The second kappa shape index (κ2) is 10.8. The Morgan fingerprint density at radius 3 is 2.12 bits per heavy atom. The van der Waals surface area contributed by atoms with Crippen molar-refractivity contribution in [2.24, 2.45) is 5.92 Å². The summed E-state index contributed by atoms with van der Waals surface area (Å²) in [5.74, 6) is 1.79. The number of carbonyl (C=O) groups excluding carboxylic acids is 2. The van der Waals surface area contributed by atoms with Crippen molar-refractivity contribution < 1.29 is 14.3 Å². The molecule has 2 aromatic carbocycles. The number of hydrogen-bond acceptors (Lipinski definition) is 6. The van der Waals surface area contributed by atoms with Gasteiger partial charge in [0.2, 0.25) is 11.8 Å². The summed E-state index contributed by atoms with van der Waals surface area (Å²) in [6.45, 7) is 5.86. The van der Waals surface area contributed by atoms with E-state index < -0.39 is 0 Å². The number of nitrogens with one attached hydrogen (secondary N) is 2. The van der Waals surface area contributed by atoms with E-state index in [0.29, 0.717) is 28.9 Å². The number of benzene rings is 2. The number of rotatable bonds is 9. The highest BCUT2D eigenvalue weighted by Crippen LogP contribution is 2.24. The molecule has 2 amide bonds. The van der Waals surface area contributed by atoms with Gasteiger partial charge in [0.05, 0.1) is 12.9 Å². The summed E-state index contributed by atoms with van der Waals surface area (Å²) in [7, 11) is 1.62. The number of ether oxygens (including phenoxy) is 1. The van der Waals surface area contributed by atoms with Gasteiger partial charge in [0.1, 0.15) is 11.6 Å².